The lowest BCUT2D eigenvalue weighted by atomic mass is 9.99. The van der Waals surface area contributed by atoms with Crippen LogP contribution >= 0.6 is 11.6 Å². The number of hydrogen-bond donors (Lipinski definition) is 1. The van der Waals surface area contributed by atoms with Crippen molar-refractivity contribution in [2.75, 3.05) is 46.1 Å². The first-order valence-corrected chi connectivity index (χ1v) is 7.95. The number of ether oxygens (including phenoxy) is 2. The van der Waals surface area contributed by atoms with Gasteiger partial charge >= 0.3 is 0 Å². The molecule has 1 aliphatic heterocycles. The van der Waals surface area contributed by atoms with E-state index in [1.807, 2.05) is 24.3 Å². The molecule has 1 fully saturated rings. The van der Waals surface area contributed by atoms with Crippen molar-refractivity contribution in [3.05, 3.63) is 29.3 Å². The molecule has 5 heteroatoms. The summed E-state index contributed by atoms with van der Waals surface area (Å²) in [7, 11) is 0. The summed E-state index contributed by atoms with van der Waals surface area (Å²) in [6.07, 6.45) is 2.38. The van der Waals surface area contributed by atoms with Gasteiger partial charge in [0.1, 0.15) is 5.75 Å². The molecule has 1 aliphatic rings. The Morgan fingerprint density at radius 1 is 1.29 bits per heavy atom. The highest BCUT2D eigenvalue weighted by Gasteiger charge is 2.20. The van der Waals surface area contributed by atoms with Crippen LogP contribution in [0.5, 0.6) is 5.75 Å². The van der Waals surface area contributed by atoms with E-state index in [1.54, 1.807) is 0 Å². The molecule has 0 saturated carbocycles. The van der Waals surface area contributed by atoms with E-state index in [1.165, 1.54) is 12.8 Å². The zero-order valence-corrected chi connectivity index (χ0v) is 13.1. The second kappa shape index (κ2) is 9.26. The van der Waals surface area contributed by atoms with Crippen LogP contribution in [0.2, 0.25) is 5.02 Å². The molecule has 4 nitrogen and oxygen atoms in total. The Morgan fingerprint density at radius 3 is 2.95 bits per heavy atom. The van der Waals surface area contributed by atoms with Crippen LogP contribution in [-0.4, -0.2) is 56.1 Å². The Balaban J connectivity index is 1.70. The van der Waals surface area contributed by atoms with Gasteiger partial charge < -0.3 is 19.5 Å². The van der Waals surface area contributed by atoms with E-state index in [9.17, 15) is 0 Å². The quantitative estimate of drug-likeness (QED) is 0.749. The molecule has 0 amide bonds. The molecule has 1 aromatic carbocycles. The molecule has 0 bridgehead atoms. The first-order valence-electron chi connectivity index (χ1n) is 7.58. The monoisotopic (exact) mass is 313 g/mol. The number of nitrogens with zero attached hydrogens (tertiary/aromatic N) is 1. The van der Waals surface area contributed by atoms with Gasteiger partial charge in [-0.3, -0.25) is 0 Å². The SMILES string of the molecule is OCCOCCN1CCCC(COc2ccccc2Cl)C1. The van der Waals surface area contributed by atoms with Gasteiger partial charge in [-0.1, -0.05) is 23.7 Å². The van der Waals surface area contributed by atoms with Crippen molar-refractivity contribution in [2.45, 2.75) is 12.8 Å². The normalized spacial score (nSPS) is 19.6. The Hall–Kier alpha value is -0.810. The largest absolute Gasteiger partial charge is 0.492 e. The van der Waals surface area contributed by atoms with Gasteiger partial charge in [0, 0.05) is 19.0 Å². The Kier molecular flexibility index (Phi) is 7.30. The number of benzene rings is 1. The lowest BCUT2D eigenvalue weighted by molar-refractivity contribution is 0.0569. The maximum Gasteiger partial charge on any atom is 0.137 e. The van der Waals surface area contributed by atoms with E-state index in [0.29, 0.717) is 30.8 Å². The topological polar surface area (TPSA) is 41.9 Å². The Bertz CT molecular complexity index is 416. The fraction of sp³-hybridized carbons (Fsp3) is 0.625. The number of rotatable bonds is 8. The highest BCUT2D eigenvalue weighted by molar-refractivity contribution is 6.32. The van der Waals surface area contributed by atoms with E-state index >= 15 is 0 Å². The van der Waals surface area contributed by atoms with Gasteiger partial charge in [-0.2, -0.15) is 0 Å². The van der Waals surface area contributed by atoms with Crippen LogP contribution in [-0.2, 0) is 4.74 Å². The number of halogens is 1. The van der Waals surface area contributed by atoms with Gasteiger partial charge in [0.2, 0.25) is 0 Å². The summed E-state index contributed by atoms with van der Waals surface area (Å²) >= 11 is 6.10. The van der Waals surface area contributed by atoms with Crippen molar-refractivity contribution >= 4 is 11.6 Å². The third kappa shape index (κ3) is 5.83. The van der Waals surface area contributed by atoms with Gasteiger partial charge in [0.05, 0.1) is 31.5 Å². The summed E-state index contributed by atoms with van der Waals surface area (Å²) in [4.78, 5) is 2.40. The summed E-state index contributed by atoms with van der Waals surface area (Å²) < 4.78 is 11.2. The summed E-state index contributed by atoms with van der Waals surface area (Å²) in [5.74, 6) is 1.30. The van der Waals surface area contributed by atoms with Crippen LogP contribution in [0.15, 0.2) is 24.3 Å². The van der Waals surface area contributed by atoms with Crippen molar-refractivity contribution < 1.29 is 14.6 Å². The fourth-order valence-electron chi connectivity index (χ4n) is 2.62. The van der Waals surface area contributed by atoms with Gasteiger partial charge in [0.25, 0.3) is 0 Å². The molecule has 2 rings (SSSR count). The minimum atomic E-state index is 0.0916. The smallest absolute Gasteiger partial charge is 0.137 e. The molecule has 0 aromatic heterocycles. The molecule has 0 aliphatic carbocycles. The Labute approximate surface area is 131 Å². The molecule has 118 valence electrons. The standard InChI is InChI=1S/C16H24ClNO3/c17-15-5-1-2-6-16(15)21-13-14-4-3-7-18(12-14)8-10-20-11-9-19/h1-2,5-6,14,19H,3-4,7-13H2. The molecule has 1 N–H and O–H groups in total. The second-order valence-corrected chi connectivity index (χ2v) is 5.79. The first-order chi connectivity index (χ1) is 10.3. The average molecular weight is 314 g/mol. The Morgan fingerprint density at radius 2 is 2.14 bits per heavy atom. The molecule has 0 radical (unpaired) electrons. The van der Waals surface area contributed by atoms with Crippen molar-refractivity contribution in [3.63, 3.8) is 0 Å². The molecule has 1 atom stereocenters. The number of hydrogen-bond acceptors (Lipinski definition) is 4. The van der Waals surface area contributed by atoms with Crippen LogP contribution in [0.1, 0.15) is 12.8 Å². The number of piperidine rings is 1. The highest BCUT2D eigenvalue weighted by atomic mass is 35.5. The minimum Gasteiger partial charge on any atom is -0.492 e. The van der Waals surface area contributed by atoms with Gasteiger partial charge in [-0.05, 0) is 31.5 Å². The second-order valence-electron chi connectivity index (χ2n) is 5.39. The zero-order valence-electron chi connectivity index (χ0n) is 12.3. The molecule has 1 saturated heterocycles. The predicted octanol–water partition coefficient (Wildman–Crippen LogP) is 2.44. The van der Waals surface area contributed by atoms with Gasteiger partial charge in [-0.15, -0.1) is 0 Å². The molecule has 1 heterocycles. The summed E-state index contributed by atoms with van der Waals surface area (Å²) in [6, 6.07) is 7.60. The maximum absolute atomic E-state index is 8.68. The van der Waals surface area contributed by atoms with Crippen LogP contribution in [0, 0.1) is 5.92 Å². The molecule has 21 heavy (non-hydrogen) atoms. The summed E-state index contributed by atoms with van der Waals surface area (Å²) in [5, 5.41) is 9.35. The molecular weight excluding hydrogens is 290 g/mol. The fourth-order valence-corrected chi connectivity index (χ4v) is 2.81. The van der Waals surface area contributed by atoms with Crippen molar-refractivity contribution in [2.24, 2.45) is 5.92 Å². The number of likely N-dealkylation sites (tertiary alicyclic amines) is 1. The molecule has 0 spiro atoms. The molecular formula is C16H24ClNO3. The van der Waals surface area contributed by atoms with E-state index in [2.05, 4.69) is 4.90 Å². The molecule has 1 unspecified atom stereocenters. The predicted molar refractivity (Wildman–Crippen MR) is 84.0 cm³/mol. The van der Waals surface area contributed by atoms with Crippen molar-refractivity contribution in [1.82, 2.24) is 4.90 Å². The lowest BCUT2D eigenvalue weighted by Gasteiger charge is -2.32. The third-order valence-corrected chi connectivity index (χ3v) is 4.01. The third-order valence-electron chi connectivity index (χ3n) is 3.70. The summed E-state index contributed by atoms with van der Waals surface area (Å²) in [5.41, 5.74) is 0. The van der Waals surface area contributed by atoms with Gasteiger partial charge in [0.15, 0.2) is 0 Å². The highest BCUT2D eigenvalue weighted by Crippen LogP contribution is 2.25. The van der Waals surface area contributed by atoms with Crippen LogP contribution in [0.4, 0.5) is 0 Å². The minimum absolute atomic E-state index is 0.0916. The van der Waals surface area contributed by atoms with E-state index in [-0.39, 0.29) is 6.61 Å². The van der Waals surface area contributed by atoms with E-state index in [0.717, 1.165) is 25.4 Å². The zero-order chi connectivity index (χ0) is 14.9. The number of para-hydroxylation sites is 1. The lowest BCUT2D eigenvalue weighted by Crippen LogP contribution is -2.39. The average Bonchev–Trinajstić information content (AvgIpc) is 2.51. The van der Waals surface area contributed by atoms with Gasteiger partial charge in [-0.25, -0.2) is 0 Å². The summed E-state index contributed by atoms with van der Waals surface area (Å²) in [6.45, 7) is 4.97. The van der Waals surface area contributed by atoms with Crippen LogP contribution in [0.25, 0.3) is 0 Å². The van der Waals surface area contributed by atoms with Crippen LogP contribution < -0.4 is 4.74 Å². The van der Waals surface area contributed by atoms with E-state index in [4.69, 9.17) is 26.2 Å². The van der Waals surface area contributed by atoms with E-state index < -0.39 is 0 Å². The van der Waals surface area contributed by atoms with Crippen molar-refractivity contribution in [3.8, 4) is 5.75 Å². The van der Waals surface area contributed by atoms with Crippen LogP contribution in [0.3, 0.4) is 0 Å². The maximum atomic E-state index is 8.68. The number of aliphatic hydroxyl groups is 1. The molecule has 1 aromatic rings. The first kappa shape index (κ1) is 16.6. The number of aliphatic hydroxyl groups excluding tert-OH is 1. The van der Waals surface area contributed by atoms with Crippen molar-refractivity contribution in [1.29, 1.82) is 0 Å².